The van der Waals surface area contributed by atoms with Crippen molar-refractivity contribution in [1.29, 1.82) is 0 Å². The fourth-order valence-electron chi connectivity index (χ4n) is 1.81. The van der Waals surface area contributed by atoms with E-state index < -0.39 is 0 Å². The normalized spacial score (nSPS) is 10.9. The second-order valence-electron chi connectivity index (χ2n) is 3.86. The topological polar surface area (TPSA) is 59.2 Å². The van der Waals surface area contributed by atoms with Gasteiger partial charge in [0.2, 0.25) is 0 Å². The molecule has 0 unspecified atom stereocenters. The Bertz CT molecular complexity index is 689. The van der Waals surface area contributed by atoms with Gasteiger partial charge < -0.3 is 9.63 Å². The van der Waals surface area contributed by atoms with E-state index in [1.54, 1.807) is 13.0 Å². The third kappa shape index (κ3) is 1.63. The number of nitrogens with zero attached hydrogens (tertiary/aromatic N) is 2. The van der Waals surface area contributed by atoms with Crippen molar-refractivity contribution in [3.05, 3.63) is 42.2 Å². The molecular formula is C13H10N2O2. The maximum Gasteiger partial charge on any atom is 0.261 e. The van der Waals surface area contributed by atoms with Gasteiger partial charge in [0.25, 0.3) is 5.89 Å². The summed E-state index contributed by atoms with van der Waals surface area (Å²) in [5.41, 5.74) is 0.560. The van der Waals surface area contributed by atoms with Crippen LogP contribution in [-0.2, 0) is 0 Å². The zero-order valence-corrected chi connectivity index (χ0v) is 9.21. The van der Waals surface area contributed by atoms with Crippen molar-refractivity contribution >= 4 is 10.8 Å². The SMILES string of the molecule is Cc1noc(-c2cc3ccccc3cc2O)n1. The zero-order valence-electron chi connectivity index (χ0n) is 9.21. The fourth-order valence-corrected chi connectivity index (χ4v) is 1.81. The lowest BCUT2D eigenvalue weighted by molar-refractivity contribution is 0.420. The Morgan fingerprint density at radius 2 is 1.82 bits per heavy atom. The monoisotopic (exact) mass is 226 g/mol. The molecule has 0 saturated carbocycles. The maximum atomic E-state index is 9.94. The molecule has 0 spiro atoms. The van der Waals surface area contributed by atoms with E-state index in [-0.39, 0.29) is 5.75 Å². The summed E-state index contributed by atoms with van der Waals surface area (Å²) in [6.07, 6.45) is 0. The summed E-state index contributed by atoms with van der Waals surface area (Å²) in [5, 5.41) is 15.7. The fraction of sp³-hybridized carbons (Fsp3) is 0.0769. The molecule has 0 saturated heterocycles. The third-order valence-corrected chi connectivity index (χ3v) is 2.62. The van der Waals surface area contributed by atoms with Gasteiger partial charge in [0.15, 0.2) is 5.82 Å². The van der Waals surface area contributed by atoms with Crippen molar-refractivity contribution in [3.63, 3.8) is 0 Å². The van der Waals surface area contributed by atoms with E-state index in [4.69, 9.17) is 4.52 Å². The molecule has 1 N–H and O–H groups in total. The van der Waals surface area contributed by atoms with Gasteiger partial charge in [-0.25, -0.2) is 0 Å². The van der Waals surface area contributed by atoms with Crippen molar-refractivity contribution < 1.29 is 9.63 Å². The minimum atomic E-state index is 0.146. The summed E-state index contributed by atoms with van der Waals surface area (Å²) in [6, 6.07) is 11.3. The van der Waals surface area contributed by atoms with E-state index in [9.17, 15) is 5.11 Å². The van der Waals surface area contributed by atoms with Crippen LogP contribution in [0.25, 0.3) is 22.2 Å². The molecule has 0 radical (unpaired) electrons. The van der Waals surface area contributed by atoms with Crippen molar-refractivity contribution in [3.8, 4) is 17.2 Å². The molecule has 17 heavy (non-hydrogen) atoms. The lowest BCUT2D eigenvalue weighted by Gasteiger charge is -2.02. The zero-order chi connectivity index (χ0) is 11.8. The number of fused-ring (bicyclic) bond motifs is 1. The quantitative estimate of drug-likeness (QED) is 0.693. The minimum Gasteiger partial charge on any atom is -0.507 e. The number of phenols is 1. The Morgan fingerprint density at radius 1 is 1.12 bits per heavy atom. The van der Waals surface area contributed by atoms with Crippen LogP contribution in [-0.4, -0.2) is 15.2 Å². The first-order valence-electron chi connectivity index (χ1n) is 5.26. The van der Waals surface area contributed by atoms with Crippen LogP contribution in [0, 0.1) is 6.92 Å². The largest absolute Gasteiger partial charge is 0.507 e. The van der Waals surface area contributed by atoms with Gasteiger partial charge in [0.05, 0.1) is 5.56 Å². The predicted octanol–water partition coefficient (Wildman–Crippen LogP) is 2.90. The number of aryl methyl sites for hydroxylation is 1. The smallest absolute Gasteiger partial charge is 0.261 e. The Kier molecular flexibility index (Phi) is 2.08. The molecule has 4 heteroatoms. The summed E-state index contributed by atoms with van der Waals surface area (Å²) in [7, 11) is 0. The first-order chi connectivity index (χ1) is 8.24. The summed E-state index contributed by atoms with van der Waals surface area (Å²) >= 11 is 0. The first kappa shape index (κ1) is 9.84. The van der Waals surface area contributed by atoms with E-state index in [1.807, 2.05) is 30.3 Å². The Balaban J connectivity index is 2.26. The van der Waals surface area contributed by atoms with Crippen LogP contribution in [0.15, 0.2) is 40.9 Å². The highest BCUT2D eigenvalue weighted by molar-refractivity contribution is 5.89. The number of phenolic OH excluding ortho intramolecular Hbond substituents is 1. The molecular weight excluding hydrogens is 216 g/mol. The molecule has 0 atom stereocenters. The molecule has 0 bridgehead atoms. The number of hydrogen-bond donors (Lipinski definition) is 1. The summed E-state index contributed by atoms with van der Waals surface area (Å²) in [4.78, 5) is 4.11. The first-order valence-corrected chi connectivity index (χ1v) is 5.26. The Labute approximate surface area is 97.5 Å². The second-order valence-corrected chi connectivity index (χ2v) is 3.86. The average molecular weight is 226 g/mol. The summed E-state index contributed by atoms with van der Waals surface area (Å²) < 4.78 is 5.06. The number of aromatic hydroxyl groups is 1. The number of benzene rings is 2. The van der Waals surface area contributed by atoms with Crippen molar-refractivity contribution in [2.45, 2.75) is 6.92 Å². The molecule has 0 aliphatic carbocycles. The van der Waals surface area contributed by atoms with Crippen LogP contribution in [0.1, 0.15) is 5.82 Å². The van der Waals surface area contributed by atoms with Gasteiger partial charge in [0.1, 0.15) is 5.75 Å². The molecule has 1 aromatic heterocycles. The lowest BCUT2D eigenvalue weighted by atomic mass is 10.1. The van der Waals surface area contributed by atoms with Gasteiger partial charge in [-0.05, 0) is 29.8 Å². The molecule has 0 aliphatic rings. The van der Waals surface area contributed by atoms with Crippen LogP contribution < -0.4 is 0 Å². The van der Waals surface area contributed by atoms with Crippen LogP contribution in [0.4, 0.5) is 0 Å². The van der Waals surface area contributed by atoms with E-state index in [0.717, 1.165) is 10.8 Å². The van der Waals surface area contributed by atoms with Crippen molar-refractivity contribution in [2.24, 2.45) is 0 Å². The molecule has 84 valence electrons. The van der Waals surface area contributed by atoms with E-state index >= 15 is 0 Å². The van der Waals surface area contributed by atoms with Crippen LogP contribution in [0.3, 0.4) is 0 Å². The third-order valence-electron chi connectivity index (χ3n) is 2.62. The highest BCUT2D eigenvalue weighted by atomic mass is 16.5. The van der Waals surface area contributed by atoms with Crippen LogP contribution in [0.2, 0.25) is 0 Å². The van der Waals surface area contributed by atoms with E-state index in [0.29, 0.717) is 17.3 Å². The van der Waals surface area contributed by atoms with Gasteiger partial charge >= 0.3 is 0 Å². The predicted molar refractivity (Wildman–Crippen MR) is 63.6 cm³/mol. The molecule has 0 fully saturated rings. The van der Waals surface area contributed by atoms with Gasteiger partial charge in [0, 0.05) is 0 Å². The van der Waals surface area contributed by atoms with Gasteiger partial charge in [-0.3, -0.25) is 0 Å². The average Bonchev–Trinajstić information content (AvgIpc) is 2.75. The molecule has 3 aromatic rings. The maximum absolute atomic E-state index is 9.94. The standard InChI is InChI=1S/C13H10N2O2/c1-8-14-13(17-15-8)11-6-9-4-2-3-5-10(9)7-12(11)16/h2-7,16H,1H3. The molecule has 1 heterocycles. The molecule has 0 aliphatic heterocycles. The van der Waals surface area contributed by atoms with Crippen molar-refractivity contribution in [2.75, 3.05) is 0 Å². The summed E-state index contributed by atoms with van der Waals surface area (Å²) in [5.74, 6) is 1.03. The number of rotatable bonds is 1. The van der Waals surface area contributed by atoms with Crippen LogP contribution in [0.5, 0.6) is 5.75 Å². The molecule has 4 nitrogen and oxygen atoms in total. The lowest BCUT2D eigenvalue weighted by Crippen LogP contribution is -1.81. The highest BCUT2D eigenvalue weighted by Crippen LogP contribution is 2.32. The van der Waals surface area contributed by atoms with Gasteiger partial charge in [-0.1, -0.05) is 29.4 Å². The van der Waals surface area contributed by atoms with E-state index in [1.165, 1.54) is 0 Å². The second kappa shape index (κ2) is 3.59. The number of hydrogen-bond acceptors (Lipinski definition) is 4. The van der Waals surface area contributed by atoms with Gasteiger partial charge in [-0.15, -0.1) is 0 Å². The Hall–Kier alpha value is -2.36. The Morgan fingerprint density at radius 3 is 2.47 bits per heavy atom. The highest BCUT2D eigenvalue weighted by Gasteiger charge is 2.12. The van der Waals surface area contributed by atoms with Gasteiger partial charge in [-0.2, -0.15) is 4.98 Å². The van der Waals surface area contributed by atoms with E-state index in [2.05, 4.69) is 10.1 Å². The summed E-state index contributed by atoms with van der Waals surface area (Å²) in [6.45, 7) is 1.74. The van der Waals surface area contributed by atoms with Crippen LogP contribution >= 0.6 is 0 Å². The molecule has 2 aromatic carbocycles. The molecule has 3 rings (SSSR count). The molecule has 0 amide bonds. The number of aromatic nitrogens is 2. The van der Waals surface area contributed by atoms with Crippen molar-refractivity contribution in [1.82, 2.24) is 10.1 Å². The minimum absolute atomic E-state index is 0.146.